The van der Waals surface area contributed by atoms with Crippen LogP contribution in [0.3, 0.4) is 0 Å². The van der Waals surface area contributed by atoms with Crippen molar-refractivity contribution in [1.82, 2.24) is 15.3 Å². The molecule has 1 saturated heterocycles. The van der Waals surface area contributed by atoms with Crippen LogP contribution in [-0.4, -0.2) is 54.1 Å². The third kappa shape index (κ3) is 5.95. The maximum atomic E-state index is 12.4. The first kappa shape index (κ1) is 22.5. The van der Waals surface area contributed by atoms with E-state index in [1.807, 2.05) is 6.07 Å². The van der Waals surface area contributed by atoms with Gasteiger partial charge in [-0.15, -0.1) is 11.8 Å². The molecule has 1 N–H and O–H groups in total. The molecule has 2 aromatic carbocycles. The molecule has 166 valence electrons. The summed E-state index contributed by atoms with van der Waals surface area (Å²) in [6.07, 6.45) is 5.47. The van der Waals surface area contributed by atoms with Gasteiger partial charge in [-0.3, -0.25) is 4.79 Å². The predicted octanol–water partition coefficient (Wildman–Crippen LogP) is 3.93. The molecule has 32 heavy (non-hydrogen) atoms. The number of benzene rings is 2. The van der Waals surface area contributed by atoms with Crippen molar-refractivity contribution in [2.75, 3.05) is 48.0 Å². The first-order valence-electron chi connectivity index (χ1n) is 10.6. The number of anilines is 2. The van der Waals surface area contributed by atoms with Crippen LogP contribution in [0.25, 0.3) is 0 Å². The Labute approximate surface area is 197 Å². The Morgan fingerprint density at radius 3 is 2.34 bits per heavy atom. The molecule has 8 heteroatoms. The molecule has 2 heterocycles. The van der Waals surface area contributed by atoms with Crippen LogP contribution < -0.4 is 15.1 Å². The number of para-hydroxylation sites is 1. The summed E-state index contributed by atoms with van der Waals surface area (Å²) >= 11 is 3.15. The molecule has 0 atom stereocenters. The summed E-state index contributed by atoms with van der Waals surface area (Å²) in [5, 5.41) is 3.80. The van der Waals surface area contributed by atoms with Gasteiger partial charge in [-0.05, 0) is 36.1 Å². The Balaban J connectivity index is 1.29. The van der Waals surface area contributed by atoms with Crippen LogP contribution in [0.2, 0.25) is 0 Å². The van der Waals surface area contributed by atoms with Crippen molar-refractivity contribution < 1.29 is 4.79 Å². The van der Waals surface area contributed by atoms with Gasteiger partial charge in [0.1, 0.15) is 5.03 Å². The molecule has 3 aromatic rings. The van der Waals surface area contributed by atoms with Crippen LogP contribution in [0.15, 0.2) is 76.9 Å². The average molecular weight is 466 g/mol. The number of rotatable bonds is 8. The van der Waals surface area contributed by atoms with Crippen LogP contribution in [0.5, 0.6) is 0 Å². The summed E-state index contributed by atoms with van der Waals surface area (Å²) in [6, 6.07) is 18.7. The van der Waals surface area contributed by atoms with E-state index in [0.29, 0.717) is 12.3 Å². The second kappa shape index (κ2) is 11.2. The van der Waals surface area contributed by atoms with E-state index in [4.69, 9.17) is 0 Å². The number of carbonyl (C=O) groups excluding carboxylic acids is 1. The molecule has 0 bridgehead atoms. The third-order valence-electron chi connectivity index (χ3n) is 5.34. The summed E-state index contributed by atoms with van der Waals surface area (Å²) in [4.78, 5) is 27.3. The van der Waals surface area contributed by atoms with Gasteiger partial charge in [0.05, 0.1) is 5.75 Å². The fourth-order valence-corrected chi connectivity index (χ4v) is 4.81. The average Bonchev–Trinajstić information content (AvgIpc) is 2.87. The number of nitrogens with one attached hydrogen (secondary N) is 1. The van der Waals surface area contributed by atoms with Crippen molar-refractivity contribution in [2.45, 2.75) is 16.5 Å². The highest BCUT2D eigenvalue weighted by atomic mass is 32.2. The number of aromatic nitrogens is 2. The zero-order valence-corrected chi connectivity index (χ0v) is 19.7. The Kier molecular flexibility index (Phi) is 7.90. The molecule has 1 amide bonds. The Hall–Kier alpha value is -2.71. The lowest BCUT2D eigenvalue weighted by Crippen LogP contribution is -2.47. The Morgan fingerprint density at radius 2 is 1.62 bits per heavy atom. The molecule has 0 saturated carbocycles. The highest BCUT2D eigenvalue weighted by Gasteiger charge is 2.21. The van der Waals surface area contributed by atoms with Crippen LogP contribution in [0, 0.1) is 0 Å². The molecule has 1 fully saturated rings. The number of piperazine rings is 1. The minimum absolute atomic E-state index is 0.00515. The highest BCUT2D eigenvalue weighted by molar-refractivity contribution is 8.00. The Bertz CT molecular complexity index is 1010. The smallest absolute Gasteiger partial charge is 0.230 e. The number of amides is 1. The van der Waals surface area contributed by atoms with Gasteiger partial charge < -0.3 is 15.1 Å². The molecule has 0 spiro atoms. The topological polar surface area (TPSA) is 61.4 Å². The molecule has 0 unspecified atom stereocenters. The fraction of sp³-hybridized carbons (Fsp3) is 0.292. The monoisotopic (exact) mass is 465 g/mol. The van der Waals surface area contributed by atoms with E-state index in [1.165, 1.54) is 22.3 Å². The second-order valence-electron chi connectivity index (χ2n) is 7.41. The summed E-state index contributed by atoms with van der Waals surface area (Å²) in [5.41, 5.74) is 2.35. The maximum absolute atomic E-state index is 12.4. The molecular formula is C24H27N5OS2. The van der Waals surface area contributed by atoms with Crippen LogP contribution >= 0.6 is 23.5 Å². The first-order valence-corrected chi connectivity index (χ1v) is 12.8. The van der Waals surface area contributed by atoms with Crippen molar-refractivity contribution in [3.8, 4) is 0 Å². The molecule has 1 aliphatic heterocycles. The first-order chi connectivity index (χ1) is 15.7. The quantitative estimate of drug-likeness (QED) is 0.506. The normalized spacial score (nSPS) is 13.8. The summed E-state index contributed by atoms with van der Waals surface area (Å²) in [5.74, 6) is 1.18. The van der Waals surface area contributed by atoms with Gasteiger partial charge in [0.25, 0.3) is 0 Å². The van der Waals surface area contributed by atoms with E-state index in [-0.39, 0.29) is 5.91 Å². The summed E-state index contributed by atoms with van der Waals surface area (Å²) < 4.78 is 0. The zero-order valence-electron chi connectivity index (χ0n) is 18.1. The van der Waals surface area contributed by atoms with E-state index in [9.17, 15) is 4.79 Å². The van der Waals surface area contributed by atoms with Crippen molar-refractivity contribution in [3.63, 3.8) is 0 Å². The number of hydrogen-bond acceptors (Lipinski definition) is 7. The van der Waals surface area contributed by atoms with Crippen LogP contribution in [-0.2, 0) is 11.3 Å². The highest BCUT2D eigenvalue weighted by Crippen LogP contribution is 2.27. The summed E-state index contributed by atoms with van der Waals surface area (Å²) in [7, 11) is 0. The van der Waals surface area contributed by atoms with E-state index in [1.54, 1.807) is 24.2 Å². The number of nitrogens with zero attached hydrogens (tertiary/aromatic N) is 4. The largest absolute Gasteiger partial charge is 0.368 e. The van der Waals surface area contributed by atoms with Crippen LogP contribution in [0.4, 0.5) is 11.5 Å². The van der Waals surface area contributed by atoms with Gasteiger partial charge in [-0.25, -0.2) is 9.97 Å². The lowest BCUT2D eigenvalue weighted by Gasteiger charge is -2.37. The molecule has 4 rings (SSSR count). The van der Waals surface area contributed by atoms with E-state index >= 15 is 0 Å². The minimum atomic E-state index is -0.00515. The van der Waals surface area contributed by atoms with Crippen molar-refractivity contribution >= 4 is 40.9 Å². The van der Waals surface area contributed by atoms with Crippen molar-refractivity contribution in [2.24, 2.45) is 0 Å². The number of hydrogen-bond donors (Lipinski definition) is 1. The Morgan fingerprint density at radius 1 is 0.938 bits per heavy atom. The standard InChI is InChI=1S/C24H27N5OS2/c1-31-21-9-7-19(8-10-21)17-27-22(30)18-32-24-23(25-11-12-26-24)29-15-13-28(14-16-29)20-5-3-2-4-6-20/h2-12H,13-18H2,1H3,(H,27,30). The van der Waals surface area contributed by atoms with Gasteiger partial charge in [0.2, 0.25) is 5.91 Å². The zero-order chi connectivity index (χ0) is 22.2. The molecule has 0 radical (unpaired) electrons. The molecular weight excluding hydrogens is 438 g/mol. The van der Waals surface area contributed by atoms with Crippen molar-refractivity contribution in [3.05, 3.63) is 72.6 Å². The SMILES string of the molecule is CSc1ccc(CNC(=O)CSc2nccnc2N2CCN(c3ccccc3)CC2)cc1. The van der Waals surface area contributed by atoms with Crippen LogP contribution in [0.1, 0.15) is 5.56 Å². The molecule has 0 aliphatic carbocycles. The molecule has 6 nitrogen and oxygen atoms in total. The predicted molar refractivity (Wildman–Crippen MR) is 134 cm³/mol. The lowest BCUT2D eigenvalue weighted by atomic mass is 10.2. The van der Waals surface area contributed by atoms with Gasteiger partial charge in [-0.1, -0.05) is 42.1 Å². The van der Waals surface area contributed by atoms with Gasteiger partial charge in [-0.2, -0.15) is 0 Å². The third-order valence-corrected chi connectivity index (χ3v) is 7.05. The number of carbonyl (C=O) groups is 1. The van der Waals surface area contributed by atoms with Gasteiger partial charge >= 0.3 is 0 Å². The van der Waals surface area contributed by atoms with E-state index < -0.39 is 0 Å². The fourth-order valence-electron chi connectivity index (χ4n) is 3.58. The lowest BCUT2D eigenvalue weighted by molar-refractivity contribution is -0.118. The van der Waals surface area contributed by atoms with E-state index in [0.717, 1.165) is 42.6 Å². The van der Waals surface area contributed by atoms with Gasteiger partial charge in [0, 0.05) is 55.7 Å². The maximum Gasteiger partial charge on any atom is 0.230 e. The second-order valence-corrected chi connectivity index (χ2v) is 9.25. The van der Waals surface area contributed by atoms with Crippen molar-refractivity contribution in [1.29, 1.82) is 0 Å². The minimum Gasteiger partial charge on any atom is -0.368 e. The summed E-state index contributed by atoms with van der Waals surface area (Å²) in [6.45, 7) is 4.14. The molecule has 1 aromatic heterocycles. The van der Waals surface area contributed by atoms with E-state index in [2.05, 4.69) is 79.9 Å². The number of thioether (sulfide) groups is 2. The van der Waals surface area contributed by atoms with Gasteiger partial charge in [0.15, 0.2) is 5.82 Å². The molecule has 1 aliphatic rings.